The lowest BCUT2D eigenvalue weighted by Crippen LogP contribution is -2.27. The maximum atomic E-state index is 12.9. The molecule has 3 aromatic rings. The Labute approximate surface area is 142 Å². The molecule has 5 nitrogen and oxygen atoms in total. The van der Waals surface area contributed by atoms with Crippen molar-refractivity contribution in [2.45, 2.75) is 16.8 Å². The van der Waals surface area contributed by atoms with Crippen LogP contribution in [0.5, 0.6) is 0 Å². The van der Waals surface area contributed by atoms with E-state index >= 15 is 0 Å². The van der Waals surface area contributed by atoms with Crippen LogP contribution in [-0.4, -0.2) is 21.3 Å². The summed E-state index contributed by atoms with van der Waals surface area (Å²) < 4.78 is 12.9. The number of aromatic amines is 1. The van der Waals surface area contributed by atoms with E-state index in [4.69, 9.17) is 0 Å². The van der Waals surface area contributed by atoms with Crippen LogP contribution in [0.25, 0.3) is 0 Å². The van der Waals surface area contributed by atoms with Gasteiger partial charge >= 0.3 is 0 Å². The number of benzene rings is 2. The maximum Gasteiger partial charge on any atom is 0.238 e. The highest BCUT2D eigenvalue weighted by atomic mass is 32.2. The van der Waals surface area contributed by atoms with Gasteiger partial charge in [-0.1, -0.05) is 54.2 Å². The molecule has 0 saturated heterocycles. The molecular formula is C17H15FN4OS. The first-order valence-corrected chi connectivity index (χ1v) is 8.20. The van der Waals surface area contributed by atoms with Gasteiger partial charge in [0, 0.05) is 6.54 Å². The van der Waals surface area contributed by atoms with Gasteiger partial charge in [0.15, 0.2) is 0 Å². The molecule has 3 rings (SSSR count). The fourth-order valence-corrected chi connectivity index (χ4v) is 3.09. The van der Waals surface area contributed by atoms with Crippen molar-refractivity contribution < 1.29 is 9.18 Å². The molecule has 0 bridgehead atoms. The number of hydrogen-bond acceptors (Lipinski definition) is 4. The van der Waals surface area contributed by atoms with Gasteiger partial charge in [-0.25, -0.2) is 4.39 Å². The van der Waals surface area contributed by atoms with Crippen molar-refractivity contribution in [3.05, 3.63) is 77.7 Å². The lowest BCUT2D eigenvalue weighted by molar-refractivity contribution is -0.120. The summed E-state index contributed by atoms with van der Waals surface area (Å²) in [6, 6.07) is 15.5. The van der Waals surface area contributed by atoms with E-state index in [1.54, 1.807) is 18.3 Å². The molecular weight excluding hydrogens is 327 g/mol. The lowest BCUT2D eigenvalue weighted by Gasteiger charge is -2.15. The molecule has 24 heavy (non-hydrogen) atoms. The average Bonchev–Trinajstić information content (AvgIpc) is 3.13. The number of halogens is 1. The van der Waals surface area contributed by atoms with Crippen molar-refractivity contribution in [1.29, 1.82) is 0 Å². The molecule has 2 aromatic carbocycles. The Morgan fingerprint density at radius 1 is 1.17 bits per heavy atom. The molecule has 0 fully saturated rings. The van der Waals surface area contributed by atoms with Gasteiger partial charge in [0.05, 0.1) is 6.20 Å². The SMILES string of the molecule is O=C(NCc1ccc(F)cc1)[C@@H](Sc1cn[nH]n1)c1ccccc1. The Hall–Kier alpha value is -2.67. The Morgan fingerprint density at radius 3 is 2.58 bits per heavy atom. The van der Waals surface area contributed by atoms with Crippen LogP contribution in [0.15, 0.2) is 65.8 Å². The van der Waals surface area contributed by atoms with Crippen molar-refractivity contribution in [2.75, 3.05) is 0 Å². The summed E-state index contributed by atoms with van der Waals surface area (Å²) >= 11 is 1.32. The molecule has 0 unspecified atom stereocenters. The van der Waals surface area contributed by atoms with Crippen molar-refractivity contribution >= 4 is 17.7 Å². The minimum Gasteiger partial charge on any atom is -0.351 e. The van der Waals surface area contributed by atoms with E-state index in [9.17, 15) is 9.18 Å². The van der Waals surface area contributed by atoms with E-state index in [0.29, 0.717) is 11.6 Å². The number of nitrogens with zero attached hydrogens (tertiary/aromatic N) is 2. The van der Waals surface area contributed by atoms with E-state index in [0.717, 1.165) is 11.1 Å². The Morgan fingerprint density at radius 2 is 1.92 bits per heavy atom. The van der Waals surface area contributed by atoms with Crippen molar-refractivity contribution in [3.63, 3.8) is 0 Å². The fourth-order valence-electron chi connectivity index (χ4n) is 2.15. The highest BCUT2D eigenvalue weighted by Gasteiger charge is 2.22. The van der Waals surface area contributed by atoms with Crippen molar-refractivity contribution in [2.24, 2.45) is 0 Å². The third-order valence-corrected chi connectivity index (χ3v) is 4.51. The molecule has 1 heterocycles. The van der Waals surface area contributed by atoms with Crippen molar-refractivity contribution in [1.82, 2.24) is 20.7 Å². The van der Waals surface area contributed by atoms with Gasteiger partial charge in [-0.15, -0.1) is 5.10 Å². The van der Waals surface area contributed by atoms with Crippen LogP contribution in [0.4, 0.5) is 4.39 Å². The summed E-state index contributed by atoms with van der Waals surface area (Å²) in [5, 5.41) is 13.4. The van der Waals surface area contributed by atoms with Gasteiger partial charge in [-0.3, -0.25) is 4.79 Å². The minimum absolute atomic E-state index is 0.140. The van der Waals surface area contributed by atoms with E-state index in [2.05, 4.69) is 20.7 Å². The quantitative estimate of drug-likeness (QED) is 0.675. The van der Waals surface area contributed by atoms with Gasteiger partial charge in [0.1, 0.15) is 16.1 Å². The number of carbonyl (C=O) groups excluding carboxylic acids is 1. The second-order valence-corrected chi connectivity index (χ2v) is 6.19. The second kappa shape index (κ2) is 7.74. The topological polar surface area (TPSA) is 70.7 Å². The lowest BCUT2D eigenvalue weighted by atomic mass is 10.1. The Kier molecular flexibility index (Phi) is 5.22. The zero-order valence-electron chi connectivity index (χ0n) is 12.6. The highest BCUT2D eigenvalue weighted by Crippen LogP contribution is 2.33. The number of hydrogen-bond donors (Lipinski definition) is 2. The molecule has 1 aromatic heterocycles. The zero-order valence-corrected chi connectivity index (χ0v) is 13.5. The number of rotatable bonds is 6. The van der Waals surface area contributed by atoms with Crippen LogP contribution >= 0.6 is 11.8 Å². The number of carbonyl (C=O) groups is 1. The van der Waals surface area contributed by atoms with Gasteiger partial charge < -0.3 is 5.32 Å². The summed E-state index contributed by atoms with van der Waals surface area (Å²) in [6.07, 6.45) is 1.58. The normalized spacial score (nSPS) is 11.9. The summed E-state index contributed by atoms with van der Waals surface area (Å²) in [5.74, 6) is -0.438. The molecule has 1 atom stereocenters. The van der Waals surface area contributed by atoms with Crippen LogP contribution in [0, 0.1) is 5.82 Å². The number of aromatic nitrogens is 3. The van der Waals surface area contributed by atoms with E-state index in [-0.39, 0.29) is 11.7 Å². The first kappa shape index (κ1) is 16.2. The number of H-pyrrole nitrogens is 1. The molecule has 122 valence electrons. The molecule has 0 aliphatic rings. The van der Waals surface area contributed by atoms with E-state index in [1.807, 2.05) is 30.3 Å². The van der Waals surface area contributed by atoms with E-state index in [1.165, 1.54) is 23.9 Å². The maximum absolute atomic E-state index is 12.9. The third-order valence-electron chi connectivity index (χ3n) is 3.35. The number of nitrogens with one attached hydrogen (secondary N) is 2. The molecule has 0 saturated carbocycles. The van der Waals surface area contributed by atoms with Crippen LogP contribution in [-0.2, 0) is 11.3 Å². The van der Waals surface area contributed by atoms with Crippen LogP contribution in [0.3, 0.4) is 0 Å². The van der Waals surface area contributed by atoms with Gasteiger partial charge in [0.25, 0.3) is 0 Å². The summed E-state index contributed by atoms with van der Waals surface area (Å²) in [4.78, 5) is 12.6. The number of thioether (sulfide) groups is 1. The first-order chi connectivity index (χ1) is 11.7. The van der Waals surface area contributed by atoms with Crippen LogP contribution < -0.4 is 5.32 Å². The fraction of sp³-hybridized carbons (Fsp3) is 0.118. The zero-order chi connectivity index (χ0) is 16.8. The first-order valence-electron chi connectivity index (χ1n) is 7.32. The predicted octanol–water partition coefficient (Wildman–Crippen LogP) is 3.09. The number of amides is 1. The predicted molar refractivity (Wildman–Crippen MR) is 89.7 cm³/mol. The average molecular weight is 342 g/mol. The molecule has 0 aliphatic heterocycles. The largest absolute Gasteiger partial charge is 0.351 e. The van der Waals surface area contributed by atoms with Crippen LogP contribution in [0.2, 0.25) is 0 Å². The van der Waals surface area contributed by atoms with E-state index < -0.39 is 5.25 Å². The molecule has 7 heteroatoms. The molecule has 0 radical (unpaired) electrons. The van der Waals surface area contributed by atoms with Gasteiger partial charge in [0.2, 0.25) is 5.91 Å². The molecule has 0 spiro atoms. The molecule has 0 aliphatic carbocycles. The third kappa shape index (κ3) is 4.20. The van der Waals surface area contributed by atoms with Crippen LogP contribution in [0.1, 0.15) is 16.4 Å². The second-order valence-electron chi connectivity index (χ2n) is 5.06. The Balaban J connectivity index is 1.72. The molecule has 2 N–H and O–H groups in total. The summed E-state index contributed by atoms with van der Waals surface area (Å²) in [5.41, 5.74) is 1.71. The van der Waals surface area contributed by atoms with Gasteiger partial charge in [-0.2, -0.15) is 10.3 Å². The standard InChI is InChI=1S/C17H15FN4OS/c18-14-8-6-12(7-9-14)10-19-17(23)16(13-4-2-1-3-5-13)24-15-11-20-22-21-15/h1-9,11,16H,10H2,(H,19,23)(H,20,21,22)/t16-/m0/s1. The van der Waals surface area contributed by atoms with Gasteiger partial charge in [-0.05, 0) is 23.3 Å². The molecule has 1 amide bonds. The smallest absolute Gasteiger partial charge is 0.238 e. The summed E-state index contributed by atoms with van der Waals surface area (Å²) in [6.45, 7) is 0.335. The minimum atomic E-state index is -0.447. The highest BCUT2D eigenvalue weighted by molar-refractivity contribution is 8.00. The Bertz CT molecular complexity index is 778. The summed E-state index contributed by atoms with van der Waals surface area (Å²) in [7, 11) is 0. The van der Waals surface area contributed by atoms with Crippen molar-refractivity contribution in [3.8, 4) is 0 Å². The monoisotopic (exact) mass is 342 g/mol.